The van der Waals surface area contributed by atoms with Crippen LogP contribution in [0.3, 0.4) is 0 Å². The molecule has 0 radical (unpaired) electrons. The highest BCUT2D eigenvalue weighted by atomic mass is 16.5. The molecule has 0 aliphatic carbocycles. The number of anilines is 1. The molecule has 27 heavy (non-hydrogen) atoms. The Balaban J connectivity index is 1.71. The lowest BCUT2D eigenvalue weighted by Crippen LogP contribution is -2.46. The van der Waals surface area contributed by atoms with E-state index in [9.17, 15) is 14.4 Å². The maximum Gasteiger partial charge on any atom is 0.325 e. The monoisotopic (exact) mass is 372 g/mol. The molecule has 1 saturated heterocycles. The van der Waals surface area contributed by atoms with Crippen LogP contribution in [0.25, 0.3) is 0 Å². The number of rotatable bonds is 6. The van der Waals surface area contributed by atoms with Crippen LogP contribution < -0.4 is 15.4 Å². The molecule has 4 amide bonds. The van der Waals surface area contributed by atoms with E-state index in [4.69, 9.17) is 9.26 Å². The minimum absolute atomic E-state index is 0.223. The lowest BCUT2D eigenvalue weighted by Gasteiger charge is -2.22. The summed E-state index contributed by atoms with van der Waals surface area (Å²) in [6.45, 7) is 2.89. The molecule has 2 N–H and O–H groups in total. The van der Waals surface area contributed by atoms with E-state index >= 15 is 0 Å². The van der Waals surface area contributed by atoms with Gasteiger partial charge in [0.05, 0.1) is 7.11 Å². The molecule has 0 unspecified atom stereocenters. The molecule has 0 saturated carbocycles. The van der Waals surface area contributed by atoms with Crippen molar-refractivity contribution in [3.8, 4) is 5.75 Å². The number of para-hydroxylation sites is 1. The van der Waals surface area contributed by atoms with E-state index in [1.807, 2.05) is 18.2 Å². The van der Waals surface area contributed by atoms with Gasteiger partial charge in [-0.2, -0.15) is 0 Å². The van der Waals surface area contributed by atoms with Gasteiger partial charge in [0, 0.05) is 12.5 Å². The molecular formula is C18H20N4O5. The number of carbonyl (C=O) groups is 3. The predicted octanol–water partition coefficient (Wildman–Crippen LogP) is 1.48. The summed E-state index contributed by atoms with van der Waals surface area (Å²) in [5, 5.41) is 8.81. The maximum absolute atomic E-state index is 12.8. The topological polar surface area (TPSA) is 114 Å². The molecule has 9 nitrogen and oxygen atoms in total. The second kappa shape index (κ2) is 7.10. The average molecular weight is 372 g/mol. The van der Waals surface area contributed by atoms with Crippen molar-refractivity contribution in [2.45, 2.75) is 25.8 Å². The number of carbonyl (C=O) groups excluding carboxylic acids is 3. The lowest BCUT2D eigenvalue weighted by atomic mass is 9.92. The van der Waals surface area contributed by atoms with Gasteiger partial charge in [0.25, 0.3) is 5.91 Å². The third kappa shape index (κ3) is 3.76. The van der Waals surface area contributed by atoms with Gasteiger partial charge < -0.3 is 19.9 Å². The van der Waals surface area contributed by atoms with Crippen molar-refractivity contribution in [3.63, 3.8) is 0 Å². The second-order valence-electron chi connectivity index (χ2n) is 6.51. The Morgan fingerprint density at radius 1 is 1.37 bits per heavy atom. The van der Waals surface area contributed by atoms with E-state index in [1.54, 1.807) is 27.0 Å². The summed E-state index contributed by atoms with van der Waals surface area (Å²) in [5.41, 5.74) is -0.392. The number of urea groups is 1. The summed E-state index contributed by atoms with van der Waals surface area (Å²) in [6, 6.07) is 8.17. The van der Waals surface area contributed by atoms with Crippen molar-refractivity contribution in [3.05, 3.63) is 41.7 Å². The molecule has 1 atom stereocenters. The van der Waals surface area contributed by atoms with E-state index in [0.717, 1.165) is 10.5 Å². The Hall–Kier alpha value is -3.36. The number of benzene rings is 1. The van der Waals surface area contributed by atoms with Crippen LogP contribution in [0.1, 0.15) is 18.2 Å². The molecule has 1 aliphatic heterocycles. The molecule has 1 aromatic carbocycles. The number of nitrogens with zero attached hydrogens (tertiary/aromatic N) is 2. The number of hydrogen-bond acceptors (Lipinski definition) is 6. The van der Waals surface area contributed by atoms with Gasteiger partial charge >= 0.3 is 6.03 Å². The first-order valence-electron chi connectivity index (χ1n) is 8.31. The number of amides is 4. The smallest absolute Gasteiger partial charge is 0.325 e. The van der Waals surface area contributed by atoms with E-state index in [2.05, 4.69) is 15.8 Å². The van der Waals surface area contributed by atoms with Gasteiger partial charge in [-0.05, 0) is 25.5 Å². The van der Waals surface area contributed by atoms with Crippen molar-refractivity contribution in [1.29, 1.82) is 0 Å². The maximum atomic E-state index is 12.8. The number of hydrogen-bond donors (Lipinski definition) is 2. The third-order valence-corrected chi connectivity index (χ3v) is 4.28. The third-order valence-electron chi connectivity index (χ3n) is 4.28. The highest BCUT2D eigenvalue weighted by Crippen LogP contribution is 2.27. The fourth-order valence-electron chi connectivity index (χ4n) is 2.99. The van der Waals surface area contributed by atoms with Crippen LogP contribution in [0.5, 0.6) is 5.75 Å². The summed E-state index contributed by atoms with van der Waals surface area (Å²) in [7, 11) is 1.54. The first kappa shape index (κ1) is 18.4. The fraction of sp³-hybridized carbons (Fsp3) is 0.333. The predicted molar refractivity (Wildman–Crippen MR) is 95.2 cm³/mol. The van der Waals surface area contributed by atoms with E-state index in [1.165, 1.54) is 6.07 Å². The number of nitrogens with one attached hydrogen (secondary N) is 2. The Labute approximate surface area is 155 Å². The number of aromatic nitrogens is 1. The quantitative estimate of drug-likeness (QED) is 0.743. The van der Waals surface area contributed by atoms with Crippen LogP contribution in [0.2, 0.25) is 0 Å². The van der Waals surface area contributed by atoms with Crippen LogP contribution in [-0.2, 0) is 16.0 Å². The fourth-order valence-corrected chi connectivity index (χ4v) is 2.99. The summed E-state index contributed by atoms with van der Waals surface area (Å²) in [4.78, 5) is 38.1. The highest BCUT2D eigenvalue weighted by Gasteiger charge is 2.48. The average Bonchev–Trinajstić information content (AvgIpc) is 3.11. The minimum Gasteiger partial charge on any atom is -0.496 e. The summed E-state index contributed by atoms with van der Waals surface area (Å²) < 4.78 is 10.2. The van der Waals surface area contributed by atoms with Crippen LogP contribution in [0, 0.1) is 6.92 Å². The zero-order chi connectivity index (χ0) is 19.6. The molecule has 2 aromatic rings. The molecule has 3 rings (SSSR count). The number of aryl methyl sites for hydroxylation is 1. The minimum atomic E-state index is -1.17. The summed E-state index contributed by atoms with van der Waals surface area (Å²) in [5.74, 6) is 0.350. The summed E-state index contributed by atoms with van der Waals surface area (Å²) >= 11 is 0. The number of ether oxygens (including phenoxy) is 1. The van der Waals surface area contributed by atoms with Gasteiger partial charge in [0.2, 0.25) is 5.91 Å². The molecule has 2 heterocycles. The van der Waals surface area contributed by atoms with Crippen LogP contribution in [-0.4, -0.2) is 47.1 Å². The lowest BCUT2D eigenvalue weighted by molar-refractivity contribution is -0.133. The van der Waals surface area contributed by atoms with E-state index < -0.39 is 29.9 Å². The largest absolute Gasteiger partial charge is 0.496 e. The Bertz CT molecular complexity index is 893. The molecule has 142 valence electrons. The van der Waals surface area contributed by atoms with Crippen LogP contribution in [0.4, 0.5) is 10.6 Å². The van der Waals surface area contributed by atoms with Crippen molar-refractivity contribution in [1.82, 2.24) is 15.4 Å². The molecule has 9 heteroatoms. The van der Waals surface area contributed by atoms with Crippen LogP contribution in [0.15, 0.2) is 34.9 Å². The van der Waals surface area contributed by atoms with Gasteiger partial charge in [-0.15, -0.1) is 0 Å². The molecule has 1 aliphatic rings. The zero-order valence-electron chi connectivity index (χ0n) is 15.2. The molecule has 0 spiro atoms. The van der Waals surface area contributed by atoms with Crippen molar-refractivity contribution < 1.29 is 23.6 Å². The van der Waals surface area contributed by atoms with Crippen molar-refractivity contribution >= 4 is 23.7 Å². The van der Waals surface area contributed by atoms with E-state index in [0.29, 0.717) is 11.5 Å². The van der Waals surface area contributed by atoms with Gasteiger partial charge in [-0.25, -0.2) is 4.79 Å². The zero-order valence-corrected chi connectivity index (χ0v) is 15.2. The second-order valence-corrected chi connectivity index (χ2v) is 6.51. The molecular weight excluding hydrogens is 352 g/mol. The first-order valence-corrected chi connectivity index (χ1v) is 8.31. The van der Waals surface area contributed by atoms with E-state index in [-0.39, 0.29) is 12.2 Å². The molecule has 1 aromatic heterocycles. The number of methoxy groups -OCH3 is 1. The van der Waals surface area contributed by atoms with Crippen molar-refractivity contribution in [2.24, 2.45) is 0 Å². The number of imide groups is 1. The Morgan fingerprint density at radius 3 is 2.78 bits per heavy atom. The van der Waals surface area contributed by atoms with Crippen LogP contribution >= 0.6 is 0 Å². The van der Waals surface area contributed by atoms with Gasteiger partial charge in [-0.3, -0.25) is 14.5 Å². The summed E-state index contributed by atoms with van der Waals surface area (Å²) in [6.07, 6.45) is 0.238. The van der Waals surface area contributed by atoms with Crippen molar-refractivity contribution in [2.75, 3.05) is 19.0 Å². The Morgan fingerprint density at radius 2 is 2.11 bits per heavy atom. The SMILES string of the molecule is COc1ccccc1C[C@@]1(C)NC(=O)N(CC(=O)Nc2cc(C)on2)C1=O. The Kier molecular flexibility index (Phi) is 4.85. The molecule has 1 fully saturated rings. The van der Waals surface area contributed by atoms with Gasteiger partial charge in [0.1, 0.15) is 23.6 Å². The highest BCUT2D eigenvalue weighted by molar-refractivity contribution is 6.10. The molecule has 0 bridgehead atoms. The van der Waals surface area contributed by atoms with Gasteiger partial charge in [0.15, 0.2) is 5.82 Å². The first-order chi connectivity index (χ1) is 12.8. The van der Waals surface area contributed by atoms with Gasteiger partial charge in [-0.1, -0.05) is 23.4 Å². The standard InChI is InChI=1S/C18H20N4O5/c1-11-8-14(21-27-11)19-15(23)10-22-16(24)18(2,20-17(22)25)9-12-6-4-5-7-13(12)26-3/h4-8H,9-10H2,1-3H3,(H,20,25)(H,19,21,23)/t18-/m1/s1. The normalized spacial score (nSPS) is 19.1.